The van der Waals surface area contributed by atoms with E-state index in [0.717, 1.165) is 62.3 Å². The molecule has 0 amide bonds. The average molecular weight is 441 g/mol. The van der Waals surface area contributed by atoms with Crippen LogP contribution in [0.2, 0.25) is 30.2 Å². The van der Waals surface area contributed by atoms with Crippen LogP contribution in [0.25, 0.3) is 0 Å². The fourth-order valence-corrected chi connectivity index (χ4v) is 21.6. The van der Waals surface area contributed by atoms with Gasteiger partial charge in [0.2, 0.25) is 0 Å². The third-order valence-electron chi connectivity index (χ3n) is 4.14. The molecule has 0 saturated carbocycles. The standard InChI is InChI=1S/C15H40O5Si5/c1-6-11-21-16-22(12-7-2)18-24(14-9-4)20-25(15-10-5)19-23(17-21)13-8-3/h21-25H,6-15H2,1-5H3. The molecule has 1 aliphatic heterocycles. The summed E-state index contributed by atoms with van der Waals surface area (Å²) in [5.41, 5.74) is 0. The topological polar surface area (TPSA) is 46.2 Å². The highest BCUT2D eigenvalue weighted by Gasteiger charge is 2.33. The van der Waals surface area contributed by atoms with E-state index < -0.39 is 46.4 Å². The lowest BCUT2D eigenvalue weighted by Crippen LogP contribution is -2.48. The summed E-state index contributed by atoms with van der Waals surface area (Å²) in [4.78, 5) is 0. The Balaban J connectivity index is 2.94. The molecule has 0 unspecified atom stereocenters. The molecule has 0 spiro atoms. The Morgan fingerprint density at radius 2 is 0.520 bits per heavy atom. The van der Waals surface area contributed by atoms with Crippen molar-refractivity contribution in [2.75, 3.05) is 0 Å². The van der Waals surface area contributed by atoms with E-state index in [-0.39, 0.29) is 0 Å². The van der Waals surface area contributed by atoms with Gasteiger partial charge in [-0.1, -0.05) is 66.7 Å². The Morgan fingerprint density at radius 3 is 0.640 bits per heavy atom. The minimum atomic E-state index is -1.66. The van der Waals surface area contributed by atoms with E-state index >= 15 is 0 Å². The van der Waals surface area contributed by atoms with Gasteiger partial charge in [0.05, 0.1) is 0 Å². The zero-order chi connectivity index (χ0) is 18.5. The van der Waals surface area contributed by atoms with Crippen LogP contribution in [0.3, 0.4) is 0 Å². The van der Waals surface area contributed by atoms with E-state index in [4.69, 9.17) is 20.6 Å². The summed E-state index contributed by atoms with van der Waals surface area (Å²) in [6.45, 7) is 11.1. The van der Waals surface area contributed by atoms with E-state index in [1.165, 1.54) is 0 Å². The van der Waals surface area contributed by atoms with E-state index in [0.29, 0.717) is 0 Å². The Morgan fingerprint density at radius 1 is 0.360 bits per heavy atom. The first-order chi connectivity index (χ1) is 12.2. The Kier molecular flexibility index (Phi) is 14.2. The van der Waals surface area contributed by atoms with Gasteiger partial charge in [0.1, 0.15) is 0 Å². The van der Waals surface area contributed by atoms with Crippen molar-refractivity contribution in [1.82, 2.24) is 0 Å². The third kappa shape index (κ3) is 10.1. The van der Waals surface area contributed by atoms with Gasteiger partial charge >= 0.3 is 46.4 Å². The minimum Gasteiger partial charge on any atom is -0.420 e. The molecule has 0 aromatic rings. The molecular formula is C15H40O5Si5. The summed E-state index contributed by atoms with van der Waals surface area (Å²) in [5.74, 6) is 0. The van der Waals surface area contributed by atoms with Gasteiger partial charge in [0.15, 0.2) is 0 Å². The zero-order valence-electron chi connectivity index (χ0n) is 17.0. The molecule has 1 heterocycles. The van der Waals surface area contributed by atoms with E-state index in [1.807, 2.05) is 0 Å². The fourth-order valence-electron chi connectivity index (χ4n) is 2.87. The largest absolute Gasteiger partial charge is 0.420 e. The second-order valence-electron chi connectivity index (χ2n) is 6.77. The molecule has 10 heteroatoms. The Labute approximate surface area is 164 Å². The molecule has 1 fully saturated rings. The fraction of sp³-hybridized carbons (Fsp3) is 1.00. The van der Waals surface area contributed by atoms with Crippen LogP contribution >= 0.6 is 0 Å². The normalized spacial score (nSPS) is 31.8. The quantitative estimate of drug-likeness (QED) is 0.488. The molecule has 0 N–H and O–H groups in total. The molecule has 0 radical (unpaired) electrons. The van der Waals surface area contributed by atoms with E-state index in [2.05, 4.69) is 34.6 Å². The maximum atomic E-state index is 6.51. The van der Waals surface area contributed by atoms with Crippen molar-refractivity contribution in [3.05, 3.63) is 0 Å². The second-order valence-corrected chi connectivity index (χ2v) is 19.4. The Bertz CT molecular complexity index is 249. The molecule has 150 valence electrons. The highest BCUT2D eigenvalue weighted by Crippen LogP contribution is 2.19. The molecule has 1 aliphatic rings. The first-order valence-electron chi connectivity index (χ1n) is 10.4. The van der Waals surface area contributed by atoms with Crippen LogP contribution in [0, 0.1) is 0 Å². The summed E-state index contributed by atoms with van der Waals surface area (Å²) < 4.78 is 32.6. The first kappa shape index (κ1) is 23.9. The monoisotopic (exact) mass is 440 g/mol. The van der Waals surface area contributed by atoms with Gasteiger partial charge in [-0.15, -0.1) is 0 Å². The van der Waals surface area contributed by atoms with Crippen molar-refractivity contribution < 1.29 is 20.6 Å². The van der Waals surface area contributed by atoms with Crippen molar-refractivity contribution >= 4 is 46.4 Å². The van der Waals surface area contributed by atoms with Crippen molar-refractivity contribution in [3.63, 3.8) is 0 Å². The van der Waals surface area contributed by atoms with Gasteiger partial charge in [-0.3, -0.25) is 0 Å². The van der Waals surface area contributed by atoms with Gasteiger partial charge in [0.25, 0.3) is 0 Å². The van der Waals surface area contributed by atoms with Gasteiger partial charge in [-0.2, -0.15) is 0 Å². The Hall–Kier alpha value is 0.884. The molecule has 0 atom stereocenters. The third-order valence-corrected chi connectivity index (χ3v) is 21.5. The van der Waals surface area contributed by atoms with Crippen LogP contribution in [0.4, 0.5) is 0 Å². The highest BCUT2D eigenvalue weighted by molar-refractivity contribution is 6.74. The smallest absolute Gasteiger partial charge is 0.303 e. The van der Waals surface area contributed by atoms with Crippen LogP contribution in [0.1, 0.15) is 66.7 Å². The molecule has 0 aromatic carbocycles. The van der Waals surface area contributed by atoms with Gasteiger partial charge < -0.3 is 20.6 Å². The molecule has 1 saturated heterocycles. The summed E-state index contributed by atoms with van der Waals surface area (Å²) >= 11 is 0. The highest BCUT2D eigenvalue weighted by atomic mass is 28.5. The summed E-state index contributed by atoms with van der Waals surface area (Å²) in [6.07, 6.45) is 5.62. The lowest BCUT2D eigenvalue weighted by atomic mass is 10.6. The van der Waals surface area contributed by atoms with E-state index in [9.17, 15) is 0 Å². The van der Waals surface area contributed by atoms with Crippen LogP contribution in [-0.2, 0) is 20.6 Å². The van der Waals surface area contributed by atoms with Crippen molar-refractivity contribution in [3.8, 4) is 0 Å². The number of rotatable bonds is 10. The SMILES string of the molecule is CCC[SiH]1O[SiH](CCC)O[SiH](CCC)O[SiH](CCC)O[SiH](CCC)O1. The maximum Gasteiger partial charge on any atom is 0.303 e. The molecule has 1 rings (SSSR count). The van der Waals surface area contributed by atoms with Gasteiger partial charge in [-0.05, 0) is 30.2 Å². The molecular weight excluding hydrogens is 401 g/mol. The van der Waals surface area contributed by atoms with Gasteiger partial charge in [0, 0.05) is 0 Å². The van der Waals surface area contributed by atoms with Crippen LogP contribution in [0.5, 0.6) is 0 Å². The van der Waals surface area contributed by atoms with Crippen molar-refractivity contribution in [2.45, 2.75) is 96.9 Å². The number of hydrogen-bond donors (Lipinski definition) is 0. The van der Waals surface area contributed by atoms with Gasteiger partial charge in [-0.25, -0.2) is 0 Å². The second kappa shape index (κ2) is 14.9. The summed E-state index contributed by atoms with van der Waals surface area (Å²) in [6, 6.07) is 5.39. The summed E-state index contributed by atoms with van der Waals surface area (Å²) in [7, 11) is -8.30. The lowest BCUT2D eigenvalue weighted by Gasteiger charge is -2.34. The first-order valence-corrected chi connectivity index (χ1v) is 19.2. The predicted octanol–water partition coefficient (Wildman–Crippen LogP) is 3.24. The van der Waals surface area contributed by atoms with Crippen molar-refractivity contribution in [1.29, 1.82) is 0 Å². The number of hydrogen-bond acceptors (Lipinski definition) is 5. The summed E-state index contributed by atoms with van der Waals surface area (Å²) in [5, 5.41) is 0. The van der Waals surface area contributed by atoms with Crippen LogP contribution in [0.15, 0.2) is 0 Å². The van der Waals surface area contributed by atoms with Crippen LogP contribution < -0.4 is 0 Å². The minimum absolute atomic E-state index is 1.08. The average Bonchev–Trinajstić information content (AvgIpc) is 2.55. The lowest BCUT2D eigenvalue weighted by molar-refractivity contribution is 0.278. The zero-order valence-corrected chi connectivity index (χ0v) is 22.8. The van der Waals surface area contributed by atoms with Crippen LogP contribution in [-0.4, -0.2) is 46.4 Å². The molecule has 0 bridgehead atoms. The predicted molar refractivity (Wildman–Crippen MR) is 117 cm³/mol. The van der Waals surface area contributed by atoms with E-state index in [1.54, 1.807) is 0 Å². The maximum absolute atomic E-state index is 6.51. The molecule has 5 nitrogen and oxygen atoms in total. The molecule has 0 aromatic heterocycles. The molecule has 0 aliphatic carbocycles. The van der Waals surface area contributed by atoms with Crippen molar-refractivity contribution in [2.24, 2.45) is 0 Å². The molecule has 25 heavy (non-hydrogen) atoms.